The Morgan fingerprint density at radius 1 is 0.960 bits per heavy atom. The lowest BCUT2D eigenvalue weighted by atomic mass is 9.87. The highest BCUT2D eigenvalue weighted by Gasteiger charge is 2.15. The van der Waals surface area contributed by atoms with Gasteiger partial charge in [0.25, 0.3) is 0 Å². The smallest absolute Gasteiger partial charge is 0.141 e. The van der Waals surface area contributed by atoms with Gasteiger partial charge in [-0.25, -0.2) is 0 Å². The van der Waals surface area contributed by atoms with E-state index in [1.165, 1.54) is 0 Å². The van der Waals surface area contributed by atoms with Crippen LogP contribution in [0.3, 0.4) is 0 Å². The van der Waals surface area contributed by atoms with Crippen LogP contribution in [0.15, 0.2) is 41.4 Å². The van der Waals surface area contributed by atoms with Crippen LogP contribution in [-0.4, -0.2) is 29.5 Å². The Morgan fingerprint density at radius 2 is 1.64 bits per heavy atom. The van der Waals surface area contributed by atoms with Gasteiger partial charge in [-0.3, -0.25) is 4.99 Å². The molecular weight excluding hydrogens is 312 g/mol. The molecule has 0 fully saturated rings. The van der Waals surface area contributed by atoms with Crippen LogP contribution in [0.1, 0.15) is 45.7 Å². The first-order valence-electron chi connectivity index (χ1n) is 8.71. The highest BCUT2D eigenvalue weighted by atomic mass is 16.3. The largest absolute Gasteiger partial charge is 0.507 e. The molecule has 2 rings (SSSR count). The minimum atomic E-state index is -0.0223. The summed E-state index contributed by atoms with van der Waals surface area (Å²) in [4.78, 5) is 6.54. The standard InChI is InChI=1S/C21H28N2O2/c1-6-23(7-2)17-10-8-15(20(25)13-17)14-22-18-12-16(21(3,4)5)9-11-19(18)24/h8-14,24-25H,6-7H2,1-5H3. The molecule has 4 heteroatoms. The molecule has 0 saturated heterocycles. The Balaban J connectivity index is 2.31. The van der Waals surface area contributed by atoms with E-state index in [4.69, 9.17) is 0 Å². The van der Waals surface area contributed by atoms with Crippen molar-refractivity contribution in [3.63, 3.8) is 0 Å². The topological polar surface area (TPSA) is 56.1 Å². The summed E-state index contributed by atoms with van der Waals surface area (Å²) in [5, 5.41) is 20.3. The summed E-state index contributed by atoms with van der Waals surface area (Å²) in [7, 11) is 0. The zero-order chi connectivity index (χ0) is 18.6. The lowest BCUT2D eigenvalue weighted by Gasteiger charge is -2.21. The molecule has 0 aliphatic heterocycles. The molecule has 2 N–H and O–H groups in total. The fraction of sp³-hybridized carbons (Fsp3) is 0.381. The predicted octanol–water partition coefficient (Wildman–Crippen LogP) is 4.99. The van der Waals surface area contributed by atoms with Crippen LogP contribution >= 0.6 is 0 Å². The summed E-state index contributed by atoms with van der Waals surface area (Å²) in [6.45, 7) is 12.3. The van der Waals surface area contributed by atoms with Crippen molar-refractivity contribution < 1.29 is 10.2 Å². The Morgan fingerprint density at radius 3 is 2.20 bits per heavy atom. The van der Waals surface area contributed by atoms with E-state index in [9.17, 15) is 10.2 Å². The fourth-order valence-electron chi connectivity index (χ4n) is 2.66. The number of nitrogens with zero attached hydrogens (tertiary/aromatic N) is 2. The molecule has 0 amide bonds. The second kappa shape index (κ2) is 7.60. The first-order chi connectivity index (χ1) is 11.8. The van der Waals surface area contributed by atoms with E-state index < -0.39 is 0 Å². The molecule has 0 saturated carbocycles. The third-order valence-corrected chi connectivity index (χ3v) is 4.33. The number of anilines is 1. The van der Waals surface area contributed by atoms with E-state index >= 15 is 0 Å². The molecule has 4 nitrogen and oxygen atoms in total. The number of rotatable bonds is 5. The highest BCUT2D eigenvalue weighted by molar-refractivity contribution is 5.87. The number of benzene rings is 2. The average Bonchev–Trinajstić information content (AvgIpc) is 2.55. The van der Waals surface area contributed by atoms with Crippen LogP contribution in [0.2, 0.25) is 0 Å². The molecule has 0 bridgehead atoms. The van der Waals surface area contributed by atoms with Gasteiger partial charge < -0.3 is 15.1 Å². The SMILES string of the molecule is CCN(CC)c1ccc(C=Nc2cc(C(C)(C)C)ccc2O)c(O)c1. The summed E-state index contributed by atoms with van der Waals surface area (Å²) in [6, 6.07) is 11.0. The fourth-order valence-corrected chi connectivity index (χ4v) is 2.66. The number of phenolic OH excluding ortho intramolecular Hbond substituents is 2. The zero-order valence-corrected chi connectivity index (χ0v) is 15.7. The molecule has 0 aliphatic rings. The first kappa shape index (κ1) is 18.8. The van der Waals surface area contributed by atoms with Crippen molar-refractivity contribution in [3.05, 3.63) is 47.5 Å². The van der Waals surface area contributed by atoms with Gasteiger partial charge >= 0.3 is 0 Å². The molecule has 0 heterocycles. The monoisotopic (exact) mass is 340 g/mol. The molecule has 134 valence electrons. The summed E-state index contributed by atoms with van der Waals surface area (Å²) in [5.74, 6) is 0.308. The van der Waals surface area contributed by atoms with Gasteiger partial charge in [0, 0.05) is 36.6 Å². The average molecular weight is 340 g/mol. The van der Waals surface area contributed by atoms with E-state index in [0.29, 0.717) is 11.3 Å². The van der Waals surface area contributed by atoms with E-state index in [2.05, 4.69) is 44.5 Å². The van der Waals surface area contributed by atoms with Crippen molar-refractivity contribution in [1.82, 2.24) is 0 Å². The Bertz CT molecular complexity index is 757. The second-order valence-corrected chi connectivity index (χ2v) is 7.13. The Hall–Kier alpha value is -2.49. The first-order valence-corrected chi connectivity index (χ1v) is 8.71. The third kappa shape index (κ3) is 4.53. The maximum absolute atomic E-state index is 10.3. The van der Waals surface area contributed by atoms with Crippen LogP contribution in [0, 0.1) is 0 Å². The molecule has 0 aliphatic carbocycles. The van der Waals surface area contributed by atoms with Crippen LogP contribution in [0.4, 0.5) is 11.4 Å². The molecule has 25 heavy (non-hydrogen) atoms. The number of hydrogen-bond donors (Lipinski definition) is 2. The number of hydrogen-bond acceptors (Lipinski definition) is 4. The minimum Gasteiger partial charge on any atom is -0.507 e. The quantitative estimate of drug-likeness (QED) is 0.754. The molecule has 2 aromatic carbocycles. The van der Waals surface area contributed by atoms with Gasteiger partial charge in [-0.2, -0.15) is 0 Å². The zero-order valence-electron chi connectivity index (χ0n) is 15.7. The van der Waals surface area contributed by atoms with Crippen LogP contribution in [0.5, 0.6) is 11.5 Å². The maximum Gasteiger partial charge on any atom is 0.141 e. The van der Waals surface area contributed by atoms with Gasteiger partial charge in [0.1, 0.15) is 17.2 Å². The van der Waals surface area contributed by atoms with Crippen molar-refractivity contribution in [2.45, 2.75) is 40.0 Å². The lowest BCUT2D eigenvalue weighted by molar-refractivity contribution is 0.473. The molecule has 0 radical (unpaired) electrons. The summed E-state index contributed by atoms with van der Waals surface area (Å²) in [5.41, 5.74) is 3.18. The van der Waals surface area contributed by atoms with Crippen LogP contribution < -0.4 is 4.90 Å². The van der Waals surface area contributed by atoms with Gasteiger partial charge in [0.15, 0.2) is 0 Å². The summed E-state index contributed by atoms with van der Waals surface area (Å²) in [6.07, 6.45) is 1.59. The van der Waals surface area contributed by atoms with Gasteiger partial charge in [-0.15, -0.1) is 0 Å². The van der Waals surface area contributed by atoms with E-state index in [1.54, 1.807) is 18.3 Å². The Labute approximate surface area is 150 Å². The van der Waals surface area contributed by atoms with Gasteiger partial charge in [-0.05, 0) is 49.1 Å². The van der Waals surface area contributed by atoms with Crippen LogP contribution in [0.25, 0.3) is 0 Å². The second-order valence-electron chi connectivity index (χ2n) is 7.13. The summed E-state index contributed by atoms with van der Waals surface area (Å²) < 4.78 is 0. The summed E-state index contributed by atoms with van der Waals surface area (Å²) >= 11 is 0. The number of phenols is 2. The van der Waals surface area contributed by atoms with Gasteiger partial charge in [-0.1, -0.05) is 26.8 Å². The number of aromatic hydroxyl groups is 2. The minimum absolute atomic E-state index is 0.0223. The van der Waals surface area contributed by atoms with Gasteiger partial charge in [0.05, 0.1) is 0 Å². The highest BCUT2D eigenvalue weighted by Crippen LogP contribution is 2.33. The van der Waals surface area contributed by atoms with E-state index in [0.717, 1.165) is 24.3 Å². The van der Waals surface area contributed by atoms with Crippen molar-refractivity contribution in [2.75, 3.05) is 18.0 Å². The molecular formula is C21H28N2O2. The lowest BCUT2D eigenvalue weighted by Crippen LogP contribution is -2.21. The molecule has 0 aromatic heterocycles. The Kier molecular flexibility index (Phi) is 5.73. The van der Waals surface area contributed by atoms with Crippen molar-refractivity contribution >= 4 is 17.6 Å². The molecule has 2 aromatic rings. The van der Waals surface area contributed by atoms with Crippen molar-refractivity contribution in [1.29, 1.82) is 0 Å². The third-order valence-electron chi connectivity index (χ3n) is 4.33. The molecule has 0 atom stereocenters. The number of aliphatic imine (C=N–C) groups is 1. The molecule has 0 spiro atoms. The normalized spacial score (nSPS) is 11.9. The van der Waals surface area contributed by atoms with Crippen molar-refractivity contribution in [2.24, 2.45) is 4.99 Å². The van der Waals surface area contributed by atoms with Crippen LogP contribution in [-0.2, 0) is 5.41 Å². The molecule has 0 unspecified atom stereocenters. The predicted molar refractivity (Wildman–Crippen MR) is 106 cm³/mol. The van der Waals surface area contributed by atoms with Gasteiger partial charge in [0.2, 0.25) is 0 Å². The van der Waals surface area contributed by atoms with E-state index in [1.807, 2.05) is 24.3 Å². The van der Waals surface area contributed by atoms with Crippen molar-refractivity contribution in [3.8, 4) is 11.5 Å². The van der Waals surface area contributed by atoms with E-state index in [-0.39, 0.29) is 16.9 Å². The maximum atomic E-state index is 10.3.